The minimum Gasteiger partial charge on any atom is -0.480 e. The molecular weight excluding hydrogens is 168 g/mol. The lowest BCUT2D eigenvalue weighted by atomic mass is 10.1. The van der Waals surface area contributed by atoms with Gasteiger partial charge in [-0.2, -0.15) is 0 Å². The normalized spacial score (nSPS) is 12.5. The highest BCUT2D eigenvalue weighted by Gasteiger charge is 2.07. The zero-order valence-corrected chi connectivity index (χ0v) is 7.90. The summed E-state index contributed by atoms with van der Waals surface area (Å²) in [6, 6.07) is 3.42. The summed E-state index contributed by atoms with van der Waals surface area (Å²) in [6.07, 6.45) is 1.12. The Morgan fingerprint density at radius 1 is 1.46 bits per heavy atom. The van der Waals surface area contributed by atoms with Gasteiger partial charge in [0.1, 0.15) is 0 Å². The molecule has 0 aliphatic rings. The van der Waals surface area contributed by atoms with Crippen LogP contribution in [-0.2, 0) is 0 Å². The monoisotopic (exact) mass is 182 g/mol. The number of aliphatic hydroxyl groups is 1. The lowest BCUT2D eigenvalue weighted by Crippen LogP contribution is -2.02. The zero-order chi connectivity index (χ0) is 9.68. The van der Waals surface area contributed by atoms with Gasteiger partial charge in [0.05, 0.1) is 18.9 Å². The standard InChI is InChI=1S/C9H14N2O2/c1-3-4-8(12)7-5-6-9(13-2)11-10-7/h5-6,8,12H,3-4H2,1-2H3/t8-/m1/s1. The average Bonchev–Trinajstić information content (AvgIpc) is 2.18. The summed E-state index contributed by atoms with van der Waals surface area (Å²) in [7, 11) is 1.53. The third kappa shape index (κ3) is 2.66. The van der Waals surface area contributed by atoms with Gasteiger partial charge in [-0.05, 0) is 12.5 Å². The highest BCUT2D eigenvalue weighted by atomic mass is 16.5. The number of methoxy groups -OCH3 is 1. The maximum Gasteiger partial charge on any atom is 0.233 e. The summed E-state index contributed by atoms with van der Waals surface area (Å²) in [4.78, 5) is 0. The van der Waals surface area contributed by atoms with E-state index in [4.69, 9.17) is 4.74 Å². The predicted molar refractivity (Wildman–Crippen MR) is 48.5 cm³/mol. The average molecular weight is 182 g/mol. The molecule has 0 saturated carbocycles. The van der Waals surface area contributed by atoms with Gasteiger partial charge in [0, 0.05) is 6.07 Å². The van der Waals surface area contributed by atoms with Gasteiger partial charge < -0.3 is 9.84 Å². The second-order valence-electron chi connectivity index (χ2n) is 2.81. The molecule has 1 N–H and O–H groups in total. The van der Waals surface area contributed by atoms with Crippen LogP contribution in [0.15, 0.2) is 12.1 Å². The molecule has 0 aromatic carbocycles. The van der Waals surface area contributed by atoms with Crippen molar-refractivity contribution in [3.05, 3.63) is 17.8 Å². The van der Waals surface area contributed by atoms with Gasteiger partial charge in [-0.3, -0.25) is 0 Å². The molecule has 0 aliphatic heterocycles. The van der Waals surface area contributed by atoms with E-state index < -0.39 is 6.10 Å². The molecule has 72 valence electrons. The Morgan fingerprint density at radius 3 is 2.69 bits per heavy atom. The van der Waals surface area contributed by atoms with Crippen LogP contribution in [0.1, 0.15) is 31.6 Å². The Balaban J connectivity index is 2.67. The first-order chi connectivity index (χ1) is 6.27. The first-order valence-corrected chi connectivity index (χ1v) is 4.33. The molecule has 1 aromatic heterocycles. The van der Waals surface area contributed by atoms with E-state index in [1.165, 1.54) is 7.11 Å². The SMILES string of the molecule is CCC[C@@H](O)c1ccc(OC)nn1. The van der Waals surface area contributed by atoms with E-state index >= 15 is 0 Å². The van der Waals surface area contributed by atoms with Crippen LogP contribution < -0.4 is 4.74 Å². The maximum absolute atomic E-state index is 9.54. The van der Waals surface area contributed by atoms with Crippen LogP contribution in [0.4, 0.5) is 0 Å². The van der Waals surface area contributed by atoms with Crippen molar-refractivity contribution < 1.29 is 9.84 Å². The largest absolute Gasteiger partial charge is 0.480 e. The molecule has 4 heteroatoms. The van der Waals surface area contributed by atoms with E-state index in [0.717, 1.165) is 6.42 Å². The molecule has 0 radical (unpaired) electrons. The quantitative estimate of drug-likeness (QED) is 0.763. The van der Waals surface area contributed by atoms with Crippen LogP contribution in [0.5, 0.6) is 5.88 Å². The molecule has 0 amide bonds. The lowest BCUT2D eigenvalue weighted by Gasteiger charge is -2.07. The summed E-state index contributed by atoms with van der Waals surface area (Å²) in [5.74, 6) is 0.465. The van der Waals surface area contributed by atoms with Crippen LogP contribution >= 0.6 is 0 Å². The Hall–Kier alpha value is -1.16. The van der Waals surface area contributed by atoms with Gasteiger partial charge in [-0.1, -0.05) is 13.3 Å². The van der Waals surface area contributed by atoms with Crippen LogP contribution in [0.25, 0.3) is 0 Å². The summed E-state index contributed by atoms with van der Waals surface area (Å²) in [5.41, 5.74) is 0.600. The van der Waals surface area contributed by atoms with E-state index in [9.17, 15) is 5.11 Å². The van der Waals surface area contributed by atoms with Crippen molar-refractivity contribution in [1.29, 1.82) is 0 Å². The van der Waals surface area contributed by atoms with Crippen molar-refractivity contribution in [3.63, 3.8) is 0 Å². The van der Waals surface area contributed by atoms with Crippen molar-refractivity contribution >= 4 is 0 Å². The van der Waals surface area contributed by atoms with Crippen molar-refractivity contribution in [2.75, 3.05) is 7.11 Å². The Labute approximate surface area is 77.6 Å². The van der Waals surface area contributed by atoms with E-state index in [2.05, 4.69) is 10.2 Å². The van der Waals surface area contributed by atoms with Crippen LogP contribution in [0.3, 0.4) is 0 Å². The number of ether oxygens (including phenoxy) is 1. The maximum atomic E-state index is 9.54. The summed E-state index contributed by atoms with van der Waals surface area (Å²) >= 11 is 0. The summed E-state index contributed by atoms with van der Waals surface area (Å²) < 4.78 is 4.85. The summed E-state index contributed by atoms with van der Waals surface area (Å²) in [6.45, 7) is 2.01. The topological polar surface area (TPSA) is 55.2 Å². The lowest BCUT2D eigenvalue weighted by molar-refractivity contribution is 0.160. The fourth-order valence-corrected chi connectivity index (χ4v) is 1.04. The molecule has 0 unspecified atom stereocenters. The molecule has 1 atom stereocenters. The number of rotatable bonds is 4. The second-order valence-corrected chi connectivity index (χ2v) is 2.81. The van der Waals surface area contributed by atoms with Gasteiger partial charge in [0.2, 0.25) is 5.88 Å². The van der Waals surface area contributed by atoms with E-state index in [0.29, 0.717) is 18.0 Å². The van der Waals surface area contributed by atoms with Gasteiger partial charge in [-0.25, -0.2) is 0 Å². The number of aromatic nitrogens is 2. The highest BCUT2D eigenvalue weighted by Crippen LogP contribution is 2.16. The molecule has 1 aromatic rings. The van der Waals surface area contributed by atoms with Crippen LogP contribution in [-0.4, -0.2) is 22.4 Å². The zero-order valence-electron chi connectivity index (χ0n) is 7.90. The molecule has 1 heterocycles. The van der Waals surface area contributed by atoms with Gasteiger partial charge in [0.15, 0.2) is 0 Å². The number of hydrogen-bond donors (Lipinski definition) is 1. The van der Waals surface area contributed by atoms with Gasteiger partial charge in [0.25, 0.3) is 0 Å². The van der Waals surface area contributed by atoms with Gasteiger partial charge >= 0.3 is 0 Å². The third-order valence-electron chi connectivity index (χ3n) is 1.77. The minimum absolute atomic E-state index is 0.465. The molecule has 0 spiro atoms. The number of nitrogens with zero attached hydrogens (tertiary/aromatic N) is 2. The predicted octanol–water partition coefficient (Wildman–Crippen LogP) is 1.32. The van der Waals surface area contributed by atoms with Crippen molar-refractivity contribution in [2.24, 2.45) is 0 Å². The van der Waals surface area contributed by atoms with Crippen molar-refractivity contribution in [1.82, 2.24) is 10.2 Å². The van der Waals surface area contributed by atoms with Crippen LogP contribution in [0.2, 0.25) is 0 Å². The smallest absolute Gasteiger partial charge is 0.233 e. The number of aliphatic hydroxyl groups excluding tert-OH is 1. The molecular formula is C9H14N2O2. The fourth-order valence-electron chi connectivity index (χ4n) is 1.04. The number of hydrogen-bond acceptors (Lipinski definition) is 4. The van der Waals surface area contributed by atoms with Crippen molar-refractivity contribution in [3.8, 4) is 5.88 Å². The molecule has 4 nitrogen and oxygen atoms in total. The third-order valence-corrected chi connectivity index (χ3v) is 1.77. The first kappa shape index (κ1) is 9.92. The van der Waals surface area contributed by atoms with Crippen molar-refractivity contribution in [2.45, 2.75) is 25.9 Å². The van der Waals surface area contributed by atoms with Crippen LogP contribution in [0, 0.1) is 0 Å². The molecule has 1 rings (SSSR count). The highest BCUT2D eigenvalue weighted by molar-refractivity contribution is 5.12. The van der Waals surface area contributed by atoms with E-state index in [-0.39, 0.29) is 0 Å². The molecule has 0 saturated heterocycles. The fraction of sp³-hybridized carbons (Fsp3) is 0.556. The second kappa shape index (κ2) is 4.77. The molecule has 0 aliphatic carbocycles. The van der Waals surface area contributed by atoms with E-state index in [1.807, 2.05) is 6.92 Å². The molecule has 13 heavy (non-hydrogen) atoms. The summed E-state index contributed by atoms with van der Waals surface area (Å²) in [5, 5.41) is 17.2. The Bertz CT molecular complexity index is 248. The Kier molecular flexibility index (Phi) is 3.64. The molecule has 0 bridgehead atoms. The minimum atomic E-state index is -0.511. The Morgan fingerprint density at radius 2 is 2.23 bits per heavy atom. The molecule has 0 fully saturated rings. The first-order valence-electron chi connectivity index (χ1n) is 4.33. The van der Waals surface area contributed by atoms with E-state index in [1.54, 1.807) is 12.1 Å². The van der Waals surface area contributed by atoms with Gasteiger partial charge in [-0.15, -0.1) is 10.2 Å².